The molecule has 5 nitrogen and oxygen atoms in total. The second-order valence-corrected chi connectivity index (χ2v) is 3.57. The molecule has 0 aromatic heterocycles. The fourth-order valence-corrected chi connectivity index (χ4v) is 1.37. The lowest BCUT2D eigenvalue weighted by Crippen LogP contribution is -2.49. The Morgan fingerprint density at radius 3 is 2.28 bits per heavy atom. The zero-order valence-corrected chi connectivity index (χ0v) is 10.2. The molecule has 0 aromatic carbocycles. The summed E-state index contributed by atoms with van der Waals surface area (Å²) >= 11 is 0. The average Bonchev–Trinajstić information content (AvgIpc) is 2.32. The molecule has 0 aliphatic heterocycles. The predicted molar refractivity (Wildman–Crippen MR) is 55.6 cm³/mol. The minimum Gasteiger partial charge on any atom is -0.469 e. The van der Waals surface area contributed by atoms with Gasteiger partial charge in [-0.1, -0.05) is 6.92 Å². The Labute approximate surface area is 103 Å². The highest BCUT2D eigenvalue weighted by Crippen LogP contribution is 2.21. The summed E-state index contributed by atoms with van der Waals surface area (Å²) in [5.41, 5.74) is 0. The third-order valence-corrected chi connectivity index (χ3v) is 2.41. The fourth-order valence-electron chi connectivity index (χ4n) is 1.37. The van der Waals surface area contributed by atoms with Crippen LogP contribution < -0.4 is 0 Å². The quantitative estimate of drug-likeness (QED) is 0.723. The number of halogens is 3. The molecule has 0 rings (SSSR count). The van der Waals surface area contributed by atoms with Crippen molar-refractivity contribution < 1.29 is 32.6 Å². The van der Waals surface area contributed by atoms with E-state index < -0.39 is 37.2 Å². The Morgan fingerprint density at radius 1 is 1.39 bits per heavy atom. The monoisotopic (exact) mass is 271 g/mol. The predicted octanol–water partition coefficient (Wildman–Crippen LogP) is 0.711. The Bertz CT molecular complexity index is 289. The number of carbonyl (C=O) groups excluding carboxylic acids is 2. The van der Waals surface area contributed by atoms with Crippen LogP contribution >= 0.6 is 0 Å². The van der Waals surface area contributed by atoms with Gasteiger partial charge in [0.2, 0.25) is 0 Å². The summed E-state index contributed by atoms with van der Waals surface area (Å²) in [6.07, 6.45) is -5.23. The molecule has 0 aliphatic carbocycles. The first-order valence-electron chi connectivity index (χ1n) is 5.33. The van der Waals surface area contributed by atoms with Crippen molar-refractivity contribution >= 4 is 11.9 Å². The summed E-state index contributed by atoms with van der Waals surface area (Å²) in [6, 6.07) is -0.969. The van der Waals surface area contributed by atoms with Crippen LogP contribution in [-0.4, -0.2) is 54.4 Å². The van der Waals surface area contributed by atoms with Gasteiger partial charge in [0.15, 0.2) is 0 Å². The van der Waals surface area contributed by atoms with Gasteiger partial charge in [-0.15, -0.1) is 0 Å². The summed E-state index contributed by atoms with van der Waals surface area (Å²) in [4.78, 5) is 22.5. The molecule has 1 unspecified atom stereocenters. The van der Waals surface area contributed by atoms with Gasteiger partial charge in [0.1, 0.15) is 0 Å². The molecule has 1 atom stereocenters. The normalized spacial score (nSPS) is 13.0. The molecule has 0 saturated carbocycles. The minimum absolute atomic E-state index is 0.152. The molecule has 0 spiro atoms. The molecule has 0 saturated heterocycles. The summed E-state index contributed by atoms with van der Waals surface area (Å²) < 4.78 is 41.3. The molecule has 0 aromatic rings. The van der Waals surface area contributed by atoms with Crippen molar-refractivity contribution in [3.05, 3.63) is 0 Å². The molecule has 8 heteroatoms. The van der Waals surface area contributed by atoms with E-state index in [-0.39, 0.29) is 12.8 Å². The SMILES string of the molecule is CCC(CO)N(CCC(=O)OC)C(=O)C(F)(F)F. The number of hydrogen-bond acceptors (Lipinski definition) is 4. The van der Waals surface area contributed by atoms with Gasteiger partial charge in [0.05, 0.1) is 26.2 Å². The first kappa shape index (κ1) is 16.7. The number of aliphatic hydroxyl groups excluding tert-OH is 1. The number of nitrogens with zero attached hydrogens (tertiary/aromatic N) is 1. The number of alkyl halides is 3. The van der Waals surface area contributed by atoms with Crippen molar-refractivity contribution in [2.45, 2.75) is 32.0 Å². The van der Waals surface area contributed by atoms with E-state index in [1.54, 1.807) is 0 Å². The average molecular weight is 271 g/mol. The number of rotatable bonds is 6. The number of methoxy groups -OCH3 is 1. The van der Waals surface area contributed by atoms with Crippen LogP contribution in [0, 0.1) is 0 Å². The molecule has 1 amide bonds. The highest BCUT2D eigenvalue weighted by molar-refractivity contribution is 5.82. The van der Waals surface area contributed by atoms with Crippen LogP contribution in [0.3, 0.4) is 0 Å². The fraction of sp³-hybridized carbons (Fsp3) is 0.800. The molecule has 0 bridgehead atoms. The van der Waals surface area contributed by atoms with Crippen molar-refractivity contribution in [3.63, 3.8) is 0 Å². The molecule has 106 valence electrons. The van der Waals surface area contributed by atoms with Gasteiger partial charge < -0.3 is 14.7 Å². The maximum absolute atomic E-state index is 12.3. The smallest absolute Gasteiger partial charge is 0.469 e. The number of aliphatic hydroxyl groups is 1. The van der Waals surface area contributed by atoms with Crippen LogP contribution in [0.1, 0.15) is 19.8 Å². The highest BCUT2D eigenvalue weighted by Gasteiger charge is 2.44. The van der Waals surface area contributed by atoms with Crippen molar-refractivity contribution in [2.75, 3.05) is 20.3 Å². The van der Waals surface area contributed by atoms with Crippen molar-refractivity contribution in [3.8, 4) is 0 Å². The van der Waals surface area contributed by atoms with Crippen molar-refractivity contribution in [2.24, 2.45) is 0 Å². The van der Waals surface area contributed by atoms with Gasteiger partial charge in [0.25, 0.3) is 0 Å². The second kappa shape index (κ2) is 7.20. The zero-order valence-electron chi connectivity index (χ0n) is 10.2. The Kier molecular flexibility index (Phi) is 6.67. The van der Waals surface area contributed by atoms with Crippen LogP contribution in [0.15, 0.2) is 0 Å². The molecule has 18 heavy (non-hydrogen) atoms. The standard InChI is InChI=1S/C10H16F3NO4/c1-3-7(6-15)14(5-4-8(16)18-2)9(17)10(11,12)13/h7,15H,3-6H2,1-2H3. The number of hydrogen-bond donors (Lipinski definition) is 1. The third kappa shape index (κ3) is 4.91. The van der Waals surface area contributed by atoms with E-state index in [0.717, 1.165) is 7.11 Å². The molecular weight excluding hydrogens is 255 g/mol. The summed E-state index contributed by atoms with van der Waals surface area (Å²) in [6.45, 7) is 0.499. The molecule has 0 radical (unpaired) electrons. The Hall–Kier alpha value is -1.31. The zero-order chi connectivity index (χ0) is 14.3. The topological polar surface area (TPSA) is 66.8 Å². The van der Waals surface area contributed by atoms with Crippen LogP contribution in [0.25, 0.3) is 0 Å². The first-order chi connectivity index (χ1) is 8.27. The van der Waals surface area contributed by atoms with Gasteiger partial charge >= 0.3 is 18.1 Å². The van der Waals surface area contributed by atoms with Crippen molar-refractivity contribution in [1.29, 1.82) is 0 Å². The van der Waals surface area contributed by atoms with E-state index in [0.29, 0.717) is 4.90 Å². The lowest BCUT2D eigenvalue weighted by Gasteiger charge is -2.30. The summed E-state index contributed by atoms with van der Waals surface area (Å²) in [7, 11) is 1.10. The summed E-state index contributed by atoms with van der Waals surface area (Å²) in [5.74, 6) is -2.78. The largest absolute Gasteiger partial charge is 0.471 e. The molecule has 0 heterocycles. The van der Waals surface area contributed by atoms with Crippen molar-refractivity contribution in [1.82, 2.24) is 4.90 Å². The van der Waals surface area contributed by atoms with Gasteiger partial charge in [-0.25, -0.2) is 0 Å². The Morgan fingerprint density at radius 2 is 1.94 bits per heavy atom. The van der Waals surface area contributed by atoms with Crippen LogP contribution in [-0.2, 0) is 14.3 Å². The van der Waals surface area contributed by atoms with Gasteiger partial charge in [0, 0.05) is 6.54 Å². The third-order valence-electron chi connectivity index (χ3n) is 2.41. The van der Waals surface area contributed by atoms with Gasteiger partial charge in [-0.05, 0) is 6.42 Å². The van der Waals surface area contributed by atoms with E-state index in [1.165, 1.54) is 6.92 Å². The van der Waals surface area contributed by atoms with E-state index in [9.17, 15) is 22.8 Å². The second-order valence-electron chi connectivity index (χ2n) is 3.57. The number of carbonyl (C=O) groups is 2. The minimum atomic E-state index is -5.03. The number of ether oxygens (including phenoxy) is 1. The van der Waals surface area contributed by atoms with E-state index in [1.807, 2.05) is 0 Å². The van der Waals surface area contributed by atoms with Gasteiger partial charge in [-0.2, -0.15) is 13.2 Å². The first-order valence-corrected chi connectivity index (χ1v) is 5.33. The molecule has 0 fully saturated rings. The lowest BCUT2D eigenvalue weighted by molar-refractivity contribution is -0.189. The molecular formula is C10H16F3NO4. The van der Waals surface area contributed by atoms with E-state index >= 15 is 0 Å². The number of amides is 1. The maximum Gasteiger partial charge on any atom is 0.471 e. The van der Waals surface area contributed by atoms with Crippen LogP contribution in [0.4, 0.5) is 13.2 Å². The van der Waals surface area contributed by atoms with Crippen LogP contribution in [0.2, 0.25) is 0 Å². The van der Waals surface area contributed by atoms with Gasteiger partial charge in [-0.3, -0.25) is 9.59 Å². The summed E-state index contributed by atoms with van der Waals surface area (Å²) in [5, 5.41) is 8.96. The highest BCUT2D eigenvalue weighted by atomic mass is 19.4. The molecule has 1 N–H and O–H groups in total. The lowest BCUT2D eigenvalue weighted by atomic mass is 10.2. The Balaban J connectivity index is 4.83. The van der Waals surface area contributed by atoms with Crippen LogP contribution in [0.5, 0.6) is 0 Å². The van der Waals surface area contributed by atoms with E-state index in [4.69, 9.17) is 5.11 Å². The van der Waals surface area contributed by atoms with E-state index in [2.05, 4.69) is 4.74 Å². The molecule has 0 aliphatic rings. The maximum atomic E-state index is 12.3. The number of esters is 1.